The molecule has 0 saturated carbocycles. The molecule has 16 heavy (non-hydrogen) atoms. The molecular weight excluding hydrogens is 218 g/mol. The number of rotatable bonds is 3. The number of benzene rings is 1. The fourth-order valence-electron chi connectivity index (χ4n) is 2.17. The Morgan fingerprint density at radius 2 is 1.69 bits per heavy atom. The third kappa shape index (κ3) is 2.53. The summed E-state index contributed by atoms with van der Waals surface area (Å²) in [6.45, 7) is 8.17. The number of nitrogens with two attached hydrogens (primary N) is 1. The summed E-state index contributed by atoms with van der Waals surface area (Å²) in [5.74, 6) is 0.754. The zero-order valence-electron chi connectivity index (χ0n) is 10.2. The van der Waals surface area contributed by atoms with Crippen molar-refractivity contribution in [3.05, 3.63) is 28.8 Å². The van der Waals surface area contributed by atoms with Crippen LogP contribution in [0.1, 0.15) is 36.5 Å². The average molecular weight is 237 g/mol. The summed E-state index contributed by atoms with van der Waals surface area (Å²) in [5, 5.41) is 9.50. The predicted octanol–water partition coefficient (Wildman–Crippen LogP) is 3.03. The summed E-state index contributed by atoms with van der Waals surface area (Å²) in [6, 6.07) is 3.57. The molecule has 1 aromatic rings. The second-order valence-electron chi connectivity index (χ2n) is 4.47. The van der Waals surface area contributed by atoms with Crippen LogP contribution < -0.4 is 5.73 Å². The highest BCUT2D eigenvalue weighted by Crippen LogP contribution is 2.32. The van der Waals surface area contributed by atoms with Gasteiger partial charge in [0.15, 0.2) is 0 Å². The first kappa shape index (κ1) is 13.0. The Morgan fingerprint density at radius 3 is 2.06 bits per heavy atom. The highest BCUT2D eigenvalue weighted by Gasteiger charge is 2.20. The highest BCUT2D eigenvalue weighted by atomic mass is 32.1. The zero-order valence-corrected chi connectivity index (χ0v) is 11.1. The second kappa shape index (κ2) is 4.83. The van der Waals surface area contributed by atoms with Crippen molar-refractivity contribution in [2.45, 2.75) is 33.6 Å². The lowest BCUT2D eigenvalue weighted by atomic mass is 9.84. The Bertz CT molecular complexity index is 391. The van der Waals surface area contributed by atoms with Crippen LogP contribution in [0.4, 0.5) is 0 Å². The minimum absolute atomic E-state index is 0.164. The topological polar surface area (TPSA) is 46.2 Å². The van der Waals surface area contributed by atoms with Gasteiger partial charge in [-0.3, -0.25) is 0 Å². The molecule has 1 rings (SSSR count). The van der Waals surface area contributed by atoms with Gasteiger partial charge in [0.1, 0.15) is 5.75 Å². The number of phenolic OH excluding ortho intramolecular Hbond substituents is 1. The van der Waals surface area contributed by atoms with Crippen LogP contribution in [0.2, 0.25) is 0 Å². The van der Waals surface area contributed by atoms with Gasteiger partial charge in [-0.05, 0) is 48.6 Å². The molecule has 2 atom stereocenters. The van der Waals surface area contributed by atoms with Crippen LogP contribution >= 0.6 is 12.2 Å². The van der Waals surface area contributed by atoms with E-state index in [0.29, 0.717) is 10.7 Å². The van der Waals surface area contributed by atoms with Crippen molar-refractivity contribution in [3.8, 4) is 5.75 Å². The highest BCUT2D eigenvalue weighted by molar-refractivity contribution is 7.80. The molecule has 0 aliphatic heterocycles. The van der Waals surface area contributed by atoms with E-state index in [2.05, 4.69) is 6.92 Å². The monoisotopic (exact) mass is 237 g/mol. The van der Waals surface area contributed by atoms with Crippen LogP contribution in [-0.4, -0.2) is 10.1 Å². The molecule has 0 aliphatic rings. The number of hydrogen-bond donors (Lipinski definition) is 2. The van der Waals surface area contributed by atoms with E-state index in [-0.39, 0.29) is 11.8 Å². The Hall–Kier alpha value is -1.09. The Labute approximate surface area is 102 Å². The molecule has 0 amide bonds. The minimum Gasteiger partial charge on any atom is -0.508 e. The van der Waals surface area contributed by atoms with Gasteiger partial charge in [0.05, 0.1) is 4.99 Å². The molecular formula is C13H19NOS. The first-order valence-corrected chi connectivity index (χ1v) is 5.84. The summed E-state index contributed by atoms with van der Waals surface area (Å²) in [7, 11) is 0. The van der Waals surface area contributed by atoms with E-state index in [4.69, 9.17) is 18.0 Å². The van der Waals surface area contributed by atoms with E-state index < -0.39 is 0 Å². The lowest BCUT2D eigenvalue weighted by Crippen LogP contribution is -2.24. The fourth-order valence-corrected chi connectivity index (χ4v) is 2.37. The van der Waals surface area contributed by atoms with Crippen LogP contribution in [0.5, 0.6) is 5.75 Å². The summed E-state index contributed by atoms with van der Waals surface area (Å²) in [6.07, 6.45) is 0. The van der Waals surface area contributed by atoms with Crippen LogP contribution in [-0.2, 0) is 0 Å². The largest absolute Gasteiger partial charge is 0.508 e. The first-order valence-electron chi connectivity index (χ1n) is 5.44. The molecule has 0 bridgehead atoms. The fraction of sp³-hybridized carbons (Fsp3) is 0.462. The van der Waals surface area contributed by atoms with E-state index in [1.807, 2.05) is 20.8 Å². The van der Waals surface area contributed by atoms with Crippen LogP contribution in [0.25, 0.3) is 0 Å². The van der Waals surface area contributed by atoms with Gasteiger partial charge in [-0.25, -0.2) is 0 Å². The lowest BCUT2D eigenvalue weighted by molar-refractivity contribution is 0.473. The molecule has 2 unspecified atom stereocenters. The predicted molar refractivity (Wildman–Crippen MR) is 71.9 cm³/mol. The molecule has 0 fully saturated rings. The van der Waals surface area contributed by atoms with E-state index >= 15 is 0 Å². The van der Waals surface area contributed by atoms with Gasteiger partial charge in [0.25, 0.3) is 0 Å². The quantitative estimate of drug-likeness (QED) is 0.794. The van der Waals surface area contributed by atoms with Crippen LogP contribution in [0.15, 0.2) is 12.1 Å². The van der Waals surface area contributed by atoms with Gasteiger partial charge in [-0.1, -0.05) is 26.1 Å². The molecule has 2 nitrogen and oxygen atoms in total. The van der Waals surface area contributed by atoms with Gasteiger partial charge in [-0.15, -0.1) is 0 Å². The Morgan fingerprint density at radius 1 is 1.25 bits per heavy atom. The lowest BCUT2D eigenvalue weighted by Gasteiger charge is -2.23. The zero-order chi connectivity index (χ0) is 12.5. The Balaban J connectivity index is 3.18. The standard InChI is InChI=1S/C13H19NOS/c1-7-5-11(15)6-8(2)12(7)9(3)10(4)13(14)16/h5-6,9-10,15H,1-4H3,(H2,14,16). The molecule has 1 aromatic carbocycles. The minimum atomic E-state index is 0.164. The summed E-state index contributed by atoms with van der Waals surface area (Å²) in [4.78, 5) is 0.541. The molecule has 0 heterocycles. The Kier molecular flexibility index (Phi) is 3.92. The first-order chi connectivity index (χ1) is 7.34. The number of thiocarbonyl (C=S) groups is 1. The van der Waals surface area contributed by atoms with Crippen molar-refractivity contribution in [3.63, 3.8) is 0 Å². The number of aryl methyl sites for hydroxylation is 2. The molecule has 0 aromatic heterocycles. The van der Waals surface area contributed by atoms with Crippen molar-refractivity contribution < 1.29 is 5.11 Å². The van der Waals surface area contributed by atoms with Gasteiger partial charge in [-0.2, -0.15) is 0 Å². The number of phenols is 1. The molecule has 0 spiro atoms. The van der Waals surface area contributed by atoms with Crippen molar-refractivity contribution in [2.75, 3.05) is 0 Å². The van der Waals surface area contributed by atoms with Gasteiger partial charge in [0.2, 0.25) is 0 Å². The van der Waals surface area contributed by atoms with Crippen LogP contribution in [0.3, 0.4) is 0 Å². The van der Waals surface area contributed by atoms with E-state index in [0.717, 1.165) is 11.1 Å². The van der Waals surface area contributed by atoms with E-state index in [1.54, 1.807) is 12.1 Å². The van der Waals surface area contributed by atoms with Crippen molar-refractivity contribution in [1.82, 2.24) is 0 Å². The third-order valence-electron chi connectivity index (χ3n) is 3.23. The summed E-state index contributed by atoms with van der Waals surface area (Å²) >= 11 is 5.04. The summed E-state index contributed by atoms with van der Waals surface area (Å²) in [5.41, 5.74) is 9.10. The smallest absolute Gasteiger partial charge is 0.116 e. The van der Waals surface area contributed by atoms with Gasteiger partial charge in [0, 0.05) is 5.92 Å². The SMILES string of the molecule is Cc1cc(O)cc(C)c1C(C)C(C)C(N)=S. The molecule has 88 valence electrons. The van der Waals surface area contributed by atoms with E-state index in [9.17, 15) is 5.11 Å². The second-order valence-corrected chi connectivity index (χ2v) is 4.94. The average Bonchev–Trinajstić information content (AvgIpc) is 2.14. The van der Waals surface area contributed by atoms with E-state index in [1.165, 1.54) is 5.56 Å². The molecule has 3 heteroatoms. The molecule has 0 radical (unpaired) electrons. The number of hydrogen-bond acceptors (Lipinski definition) is 2. The van der Waals surface area contributed by atoms with Gasteiger partial charge < -0.3 is 10.8 Å². The maximum absolute atomic E-state index is 9.50. The maximum atomic E-state index is 9.50. The number of aromatic hydroxyl groups is 1. The molecule has 3 N–H and O–H groups in total. The van der Waals surface area contributed by atoms with Crippen LogP contribution in [0, 0.1) is 19.8 Å². The van der Waals surface area contributed by atoms with Crippen molar-refractivity contribution in [1.29, 1.82) is 0 Å². The maximum Gasteiger partial charge on any atom is 0.116 e. The molecule has 0 saturated heterocycles. The van der Waals surface area contributed by atoms with Crippen molar-refractivity contribution >= 4 is 17.2 Å². The third-order valence-corrected chi connectivity index (χ3v) is 3.60. The van der Waals surface area contributed by atoms with Crippen molar-refractivity contribution in [2.24, 2.45) is 11.7 Å². The molecule has 0 aliphatic carbocycles. The normalized spacial score (nSPS) is 14.5. The summed E-state index contributed by atoms with van der Waals surface area (Å²) < 4.78 is 0. The van der Waals surface area contributed by atoms with Gasteiger partial charge >= 0.3 is 0 Å².